The van der Waals surface area contributed by atoms with Gasteiger partial charge in [-0.25, -0.2) is 4.98 Å². The van der Waals surface area contributed by atoms with Crippen LogP contribution >= 0.6 is 0 Å². The number of pyridine rings is 1. The first-order valence-electron chi connectivity index (χ1n) is 11.3. The molecular formula is C26H29N3O5. The van der Waals surface area contributed by atoms with Crippen molar-refractivity contribution in [3.05, 3.63) is 70.7 Å². The molecule has 4 rings (SSSR count). The number of ether oxygens (including phenoxy) is 2. The first kappa shape index (κ1) is 23.5. The summed E-state index contributed by atoms with van der Waals surface area (Å²) in [5.41, 5.74) is 3.30. The summed E-state index contributed by atoms with van der Waals surface area (Å²) in [6, 6.07) is 10.3. The van der Waals surface area contributed by atoms with Gasteiger partial charge in [0.15, 0.2) is 5.76 Å². The maximum Gasteiger partial charge on any atom is 0.295 e. The summed E-state index contributed by atoms with van der Waals surface area (Å²) in [7, 11) is 1.59. The summed E-state index contributed by atoms with van der Waals surface area (Å²) in [6.07, 6.45) is 2.41. The number of fused-ring (bicyclic) bond motifs is 1. The van der Waals surface area contributed by atoms with E-state index < -0.39 is 17.7 Å². The molecular weight excluding hydrogens is 434 g/mol. The molecule has 2 aromatic heterocycles. The Morgan fingerprint density at radius 2 is 1.97 bits per heavy atom. The normalized spacial score (nSPS) is 17.6. The van der Waals surface area contributed by atoms with Crippen molar-refractivity contribution in [2.75, 3.05) is 26.9 Å². The predicted octanol–water partition coefficient (Wildman–Crippen LogP) is 3.81. The fourth-order valence-electron chi connectivity index (χ4n) is 4.45. The summed E-state index contributed by atoms with van der Waals surface area (Å²) in [5.74, 6) is -1.03. The third kappa shape index (κ3) is 4.05. The largest absolute Gasteiger partial charge is 0.505 e. The lowest BCUT2D eigenvalue weighted by atomic mass is 9.96. The Balaban J connectivity index is 1.89. The number of nitrogens with zero attached hydrogens (tertiary/aromatic N) is 3. The van der Waals surface area contributed by atoms with Crippen molar-refractivity contribution in [3.8, 4) is 5.75 Å². The van der Waals surface area contributed by atoms with Crippen LogP contribution in [0.3, 0.4) is 0 Å². The third-order valence-electron chi connectivity index (χ3n) is 6.08. The number of aliphatic hydroxyl groups is 1. The molecule has 3 heterocycles. The quantitative estimate of drug-likeness (QED) is 0.236. The van der Waals surface area contributed by atoms with Crippen molar-refractivity contribution in [3.63, 3.8) is 0 Å². The Bertz CT molecular complexity index is 1280. The number of benzene rings is 1. The minimum absolute atomic E-state index is 0.0280. The van der Waals surface area contributed by atoms with Gasteiger partial charge in [0.2, 0.25) is 0 Å². The molecule has 0 bridgehead atoms. The molecule has 1 aliphatic rings. The van der Waals surface area contributed by atoms with Crippen LogP contribution in [0.5, 0.6) is 5.75 Å². The summed E-state index contributed by atoms with van der Waals surface area (Å²) < 4.78 is 12.7. The highest BCUT2D eigenvalue weighted by Crippen LogP contribution is 2.40. The second-order valence-electron chi connectivity index (χ2n) is 8.27. The first-order chi connectivity index (χ1) is 16.4. The molecule has 178 valence electrons. The predicted molar refractivity (Wildman–Crippen MR) is 128 cm³/mol. The molecule has 1 saturated heterocycles. The Hall–Kier alpha value is -3.65. The van der Waals surface area contributed by atoms with Gasteiger partial charge in [-0.15, -0.1) is 0 Å². The molecule has 8 heteroatoms. The van der Waals surface area contributed by atoms with Crippen molar-refractivity contribution in [1.29, 1.82) is 0 Å². The van der Waals surface area contributed by atoms with Gasteiger partial charge in [0, 0.05) is 26.5 Å². The molecule has 34 heavy (non-hydrogen) atoms. The number of methoxy groups -OCH3 is 1. The molecule has 0 radical (unpaired) electrons. The van der Waals surface area contributed by atoms with Gasteiger partial charge in [-0.05, 0) is 56.5 Å². The summed E-state index contributed by atoms with van der Waals surface area (Å²) in [5, 5.41) is 11.4. The highest BCUT2D eigenvalue weighted by atomic mass is 16.5. The highest BCUT2D eigenvalue weighted by molar-refractivity contribution is 6.46. The van der Waals surface area contributed by atoms with E-state index in [1.165, 1.54) is 4.90 Å². The van der Waals surface area contributed by atoms with Gasteiger partial charge in [-0.1, -0.05) is 18.2 Å². The number of aliphatic hydroxyl groups excluding tert-OH is 1. The number of imidazole rings is 1. The lowest BCUT2D eigenvalue weighted by molar-refractivity contribution is -0.140. The number of rotatable bonds is 8. The van der Waals surface area contributed by atoms with E-state index in [0.29, 0.717) is 48.8 Å². The number of Topliss-reactive ketones (excluding diaryl/α,β-unsaturated/α-hetero) is 1. The number of likely N-dealkylation sites (tertiary alicyclic amines) is 1. The van der Waals surface area contributed by atoms with E-state index in [0.717, 1.165) is 5.56 Å². The average Bonchev–Trinajstić information content (AvgIpc) is 3.29. The molecule has 0 aliphatic carbocycles. The molecule has 1 atom stereocenters. The SMILES string of the molecule is CCOc1cccc(C2/C(=C(\O)c3nc4c(C)cccn4c3C)C(=O)C(=O)N2CCCOC)c1. The van der Waals surface area contributed by atoms with Crippen LogP contribution in [0.15, 0.2) is 48.2 Å². The van der Waals surface area contributed by atoms with Crippen LogP contribution in [0.25, 0.3) is 11.4 Å². The van der Waals surface area contributed by atoms with E-state index >= 15 is 0 Å². The maximum absolute atomic E-state index is 13.2. The molecule has 1 aliphatic heterocycles. The topological polar surface area (TPSA) is 93.4 Å². The van der Waals surface area contributed by atoms with E-state index in [4.69, 9.17) is 9.47 Å². The molecule has 0 spiro atoms. The van der Waals surface area contributed by atoms with Gasteiger partial charge in [0.25, 0.3) is 11.7 Å². The molecule has 1 aromatic carbocycles. The molecule has 1 amide bonds. The summed E-state index contributed by atoms with van der Waals surface area (Å²) in [6.45, 7) is 6.88. The van der Waals surface area contributed by atoms with E-state index in [1.807, 2.05) is 61.7 Å². The number of carbonyl (C=O) groups is 2. The van der Waals surface area contributed by atoms with Crippen LogP contribution < -0.4 is 4.74 Å². The van der Waals surface area contributed by atoms with Crippen molar-refractivity contribution in [1.82, 2.24) is 14.3 Å². The van der Waals surface area contributed by atoms with Crippen molar-refractivity contribution in [2.45, 2.75) is 33.2 Å². The molecule has 8 nitrogen and oxygen atoms in total. The fraction of sp³-hybridized carbons (Fsp3) is 0.346. The number of aromatic nitrogens is 2. The lowest BCUT2D eigenvalue weighted by Crippen LogP contribution is -2.31. The van der Waals surface area contributed by atoms with E-state index in [2.05, 4.69) is 4.98 Å². The van der Waals surface area contributed by atoms with Crippen LogP contribution in [0.4, 0.5) is 0 Å². The molecule has 3 aromatic rings. The number of aryl methyl sites for hydroxylation is 2. The molecule has 0 saturated carbocycles. The maximum atomic E-state index is 13.2. The Labute approximate surface area is 198 Å². The second kappa shape index (κ2) is 9.69. The number of amides is 1. The molecule has 1 N–H and O–H groups in total. The van der Waals surface area contributed by atoms with E-state index in [9.17, 15) is 14.7 Å². The first-order valence-corrected chi connectivity index (χ1v) is 11.3. The van der Waals surface area contributed by atoms with Crippen molar-refractivity contribution in [2.24, 2.45) is 0 Å². The number of carbonyl (C=O) groups excluding carboxylic acids is 2. The van der Waals surface area contributed by atoms with Gasteiger partial charge in [-0.2, -0.15) is 0 Å². The van der Waals surface area contributed by atoms with Gasteiger partial charge < -0.3 is 23.9 Å². The number of hydrogen-bond acceptors (Lipinski definition) is 6. The zero-order valence-corrected chi connectivity index (χ0v) is 19.9. The number of hydrogen-bond donors (Lipinski definition) is 1. The zero-order chi connectivity index (χ0) is 24.4. The summed E-state index contributed by atoms with van der Waals surface area (Å²) in [4.78, 5) is 32.4. The van der Waals surface area contributed by atoms with E-state index in [-0.39, 0.29) is 17.0 Å². The van der Waals surface area contributed by atoms with Crippen molar-refractivity contribution >= 4 is 23.1 Å². The van der Waals surface area contributed by atoms with Crippen LogP contribution in [0.1, 0.15) is 41.9 Å². The van der Waals surface area contributed by atoms with E-state index in [1.54, 1.807) is 13.2 Å². The standard InChI is InChI=1S/C26H29N3O5/c1-5-34-19-11-6-10-18(15-19)22-20(24(31)26(32)29(22)13-8-14-33-4)23(30)21-17(3)28-12-7-9-16(2)25(28)27-21/h6-7,9-12,15,22,30H,5,8,13-14H2,1-4H3/b23-20+. The van der Waals surface area contributed by atoms with Gasteiger partial charge in [0.05, 0.1) is 23.9 Å². The monoisotopic (exact) mass is 463 g/mol. The molecule has 1 unspecified atom stereocenters. The minimum Gasteiger partial charge on any atom is -0.505 e. The van der Waals surface area contributed by atoms with Crippen LogP contribution in [-0.2, 0) is 14.3 Å². The molecule has 1 fully saturated rings. The van der Waals surface area contributed by atoms with Gasteiger partial charge in [0.1, 0.15) is 17.1 Å². The Kier molecular flexibility index (Phi) is 6.70. The van der Waals surface area contributed by atoms with Gasteiger partial charge in [-0.3, -0.25) is 9.59 Å². The minimum atomic E-state index is -0.762. The third-order valence-corrected chi connectivity index (χ3v) is 6.08. The second-order valence-corrected chi connectivity index (χ2v) is 8.27. The smallest absolute Gasteiger partial charge is 0.295 e. The highest BCUT2D eigenvalue weighted by Gasteiger charge is 2.46. The van der Waals surface area contributed by atoms with Crippen LogP contribution in [0.2, 0.25) is 0 Å². The average molecular weight is 464 g/mol. The van der Waals surface area contributed by atoms with Gasteiger partial charge >= 0.3 is 0 Å². The lowest BCUT2D eigenvalue weighted by Gasteiger charge is -2.25. The fourth-order valence-corrected chi connectivity index (χ4v) is 4.45. The Morgan fingerprint density at radius 3 is 2.68 bits per heavy atom. The van der Waals surface area contributed by atoms with Crippen LogP contribution in [0, 0.1) is 13.8 Å². The van der Waals surface area contributed by atoms with Crippen LogP contribution in [-0.4, -0.2) is 57.9 Å². The zero-order valence-electron chi connectivity index (χ0n) is 19.9. The van der Waals surface area contributed by atoms with Crippen molar-refractivity contribution < 1.29 is 24.2 Å². The number of ketones is 1. The Morgan fingerprint density at radius 1 is 1.18 bits per heavy atom. The summed E-state index contributed by atoms with van der Waals surface area (Å²) >= 11 is 0.